The molecule has 0 amide bonds. The van der Waals surface area contributed by atoms with Crippen molar-refractivity contribution in [2.75, 3.05) is 0 Å². The number of hydrogen-bond acceptors (Lipinski definition) is 1. The number of nitrogens with one attached hydrogen (secondary N) is 2. The summed E-state index contributed by atoms with van der Waals surface area (Å²) in [5.41, 5.74) is 4.32. The van der Waals surface area contributed by atoms with Gasteiger partial charge < -0.3 is 15.1 Å². The van der Waals surface area contributed by atoms with Gasteiger partial charge in [-0.2, -0.15) is 0 Å². The molecule has 4 rings (SSSR count). The average molecular weight is 327 g/mol. The first-order valence-electron chi connectivity index (χ1n) is 6.29. The van der Waals surface area contributed by atoms with Gasteiger partial charge in [0.15, 0.2) is 0 Å². The molecule has 0 bridgehead atoms. The molecule has 3 nitrogen and oxygen atoms in total. The Morgan fingerprint density at radius 3 is 2.10 bits per heavy atom. The maximum absolute atomic E-state index is 9.70. The summed E-state index contributed by atoms with van der Waals surface area (Å²) in [5, 5.41) is 11.9. The Morgan fingerprint density at radius 2 is 1.40 bits per heavy atom. The van der Waals surface area contributed by atoms with Crippen LogP contribution in [0, 0.1) is 0 Å². The highest BCUT2D eigenvalue weighted by atomic mass is 79.9. The highest BCUT2D eigenvalue weighted by Crippen LogP contribution is 2.36. The number of phenolic OH excluding ortho intramolecular Hbond substituents is 1. The molecule has 2 heterocycles. The number of halogens is 1. The van der Waals surface area contributed by atoms with E-state index in [1.165, 1.54) is 0 Å². The fourth-order valence-corrected chi connectivity index (χ4v) is 3.01. The van der Waals surface area contributed by atoms with Crippen molar-refractivity contribution >= 4 is 37.7 Å². The fraction of sp³-hybridized carbons (Fsp3) is 0. The summed E-state index contributed by atoms with van der Waals surface area (Å²) >= 11 is 3.51. The van der Waals surface area contributed by atoms with Crippen molar-refractivity contribution in [2.24, 2.45) is 0 Å². The molecule has 0 saturated carbocycles. The molecular formula is C16H11BrN2O. The molecule has 0 atom stereocenters. The number of rotatable bonds is 1. The van der Waals surface area contributed by atoms with Crippen molar-refractivity contribution in [3.05, 3.63) is 53.3 Å². The van der Waals surface area contributed by atoms with Crippen LogP contribution in [-0.2, 0) is 0 Å². The summed E-state index contributed by atoms with van der Waals surface area (Å²) < 4.78 is 1.05. The molecular weight excluding hydrogens is 316 g/mol. The van der Waals surface area contributed by atoms with Crippen LogP contribution < -0.4 is 0 Å². The molecule has 98 valence electrons. The summed E-state index contributed by atoms with van der Waals surface area (Å²) in [7, 11) is 0. The van der Waals surface area contributed by atoms with Crippen LogP contribution >= 0.6 is 15.9 Å². The Bertz CT molecular complexity index is 858. The summed E-state index contributed by atoms with van der Waals surface area (Å²) in [4.78, 5) is 6.53. The second-order valence-corrected chi connectivity index (χ2v) is 5.74. The lowest BCUT2D eigenvalue weighted by Crippen LogP contribution is -1.74. The fourth-order valence-electron chi connectivity index (χ4n) is 2.65. The smallest absolute Gasteiger partial charge is 0.116 e. The molecule has 4 aromatic rings. The van der Waals surface area contributed by atoms with Crippen LogP contribution in [0.4, 0.5) is 0 Å². The van der Waals surface area contributed by atoms with E-state index < -0.39 is 0 Å². The van der Waals surface area contributed by atoms with Gasteiger partial charge >= 0.3 is 0 Å². The molecule has 0 aliphatic rings. The highest BCUT2D eigenvalue weighted by Gasteiger charge is 2.11. The molecule has 20 heavy (non-hydrogen) atoms. The van der Waals surface area contributed by atoms with Crippen LogP contribution in [0.1, 0.15) is 0 Å². The molecule has 2 aromatic carbocycles. The van der Waals surface area contributed by atoms with Crippen molar-refractivity contribution in [3.8, 4) is 16.9 Å². The second-order valence-electron chi connectivity index (χ2n) is 4.82. The van der Waals surface area contributed by atoms with E-state index >= 15 is 0 Å². The van der Waals surface area contributed by atoms with Gasteiger partial charge in [0.05, 0.1) is 0 Å². The maximum Gasteiger partial charge on any atom is 0.116 e. The van der Waals surface area contributed by atoms with Gasteiger partial charge in [-0.3, -0.25) is 0 Å². The number of aromatic hydroxyl groups is 1. The minimum absolute atomic E-state index is 0.277. The zero-order valence-electron chi connectivity index (χ0n) is 10.4. The third-order valence-electron chi connectivity index (χ3n) is 3.60. The maximum atomic E-state index is 9.70. The highest BCUT2D eigenvalue weighted by molar-refractivity contribution is 9.10. The Hall–Kier alpha value is -2.20. The van der Waals surface area contributed by atoms with Crippen LogP contribution in [0.2, 0.25) is 0 Å². The zero-order valence-corrected chi connectivity index (χ0v) is 12.0. The van der Waals surface area contributed by atoms with Gasteiger partial charge in [0.25, 0.3) is 0 Å². The number of benzene rings is 2. The van der Waals surface area contributed by atoms with E-state index in [4.69, 9.17) is 0 Å². The predicted octanol–water partition coefficient (Wildman–Crippen LogP) is 4.78. The molecule has 3 N–H and O–H groups in total. The van der Waals surface area contributed by atoms with Crippen LogP contribution in [-0.4, -0.2) is 15.1 Å². The summed E-state index contributed by atoms with van der Waals surface area (Å²) in [6.07, 6.45) is 3.98. The third kappa shape index (κ3) is 1.65. The number of fused-ring (bicyclic) bond motifs is 2. The minimum atomic E-state index is 0.277. The Morgan fingerprint density at radius 1 is 0.800 bits per heavy atom. The molecule has 2 aromatic heterocycles. The number of aromatic amines is 2. The summed E-state index contributed by atoms with van der Waals surface area (Å²) in [6.45, 7) is 0. The van der Waals surface area contributed by atoms with Crippen LogP contribution in [0.5, 0.6) is 5.75 Å². The first-order chi connectivity index (χ1) is 9.72. The van der Waals surface area contributed by atoms with Crippen molar-refractivity contribution in [2.45, 2.75) is 0 Å². The number of phenols is 1. The monoisotopic (exact) mass is 326 g/mol. The standard InChI is InChI=1S/C16H11BrN2O/c17-9-1-3-15-11(5-9)13(7-18-15)14-8-19-16-4-2-10(20)6-12(14)16/h1-8,18-20H. The van der Waals surface area contributed by atoms with Crippen LogP contribution in [0.15, 0.2) is 53.3 Å². The molecule has 0 spiro atoms. The van der Waals surface area contributed by atoms with E-state index in [1.54, 1.807) is 12.1 Å². The van der Waals surface area contributed by atoms with Crippen molar-refractivity contribution in [1.82, 2.24) is 9.97 Å². The van der Waals surface area contributed by atoms with Gasteiger partial charge in [-0.05, 0) is 36.4 Å². The van der Waals surface area contributed by atoms with Crippen molar-refractivity contribution < 1.29 is 5.11 Å². The van der Waals surface area contributed by atoms with Gasteiger partial charge in [0.2, 0.25) is 0 Å². The van der Waals surface area contributed by atoms with E-state index in [0.29, 0.717) is 0 Å². The predicted molar refractivity (Wildman–Crippen MR) is 85.0 cm³/mol. The Labute approximate surface area is 123 Å². The van der Waals surface area contributed by atoms with Gasteiger partial charge in [0, 0.05) is 49.8 Å². The van der Waals surface area contributed by atoms with Crippen molar-refractivity contribution in [3.63, 3.8) is 0 Å². The summed E-state index contributed by atoms with van der Waals surface area (Å²) in [6, 6.07) is 11.5. The SMILES string of the molecule is Oc1ccc2[nH]cc(-c3c[nH]c4ccc(Br)cc34)c2c1. The van der Waals surface area contributed by atoms with E-state index in [2.05, 4.69) is 38.0 Å². The number of aromatic nitrogens is 2. The quantitative estimate of drug-likeness (QED) is 0.463. The zero-order chi connectivity index (χ0) is 13.7. The van der Waals surface area contributed by atoms with Gasteiger partial charge in [-0.1, -0.05) is 15.9 Å². The second kappa shape index (κ2) is 4.15. The normalized spacial score (nSPS) is 11.4. The lowest BCUT2D eigenvalue weighted by Gasteiger charge is -1.99. The van der Waals surface area contributed by atoms with E-state index in [0.717, 1.165) is 37.4 Å². The van der Waals surface area contributed by atoms with Crippen LogP contribution in [0.25, 0.3) is 32.9 Å². The lowest BCUT2D eigenvalue weighted by atomic mass is 10.0. The molecule has 0 aliphatic carbocycles. The third-order valence-corrected chi connectivity index (χ3v) is 4.09. The van der Waals surface area contributed by atoms with E-state index in [9.17, 15) is 5.11 Å². The topological polar surface area (TPSA) is 51.8 Å². The molecule has 0 unspecified atom stereocenters. The Kier molecular flexibility index (Phi) is 2.41. The first-order valence-corrected chi connectivity index (χ1v) is 7.09. The van der Waals surface area contributed by atoms with Crippen LogP contribution in [0.3, 0.4) is 0 Å². The van der Waals surface area contributed by atoms with Gasteiger partial charge in [-0.25, -0.2) is 0 Å². The Balaban J connectivity index is 2.06. The minimum Gasteiger partial charge on any atom is -0.508 e. The number of H-pyrrole nitrogens is 2. The lowest BCUT2D eigenvalue weighted by molar-refractivity contribution is 0.476. The van der Waals surface area contributed by atoms with Gasteiger partial charge in [0.1, 0.15) is 5.75 Å². The summed E-state index contributed by atoms with van der Waals surface area (Å²) in [5.74, 6) is 0.277. The molecule has 0 fully saturated rings. The average Bonchev–Trinajstić information content (AvgIpc) is 3.01. The molecule has 4 heteroatoms. The molecule has 0 radical (unpaired) electrons. The molecule has 0 saturated heterocycles. The molecule has 0 aliphatic heterocycles. The first kappa shape index (κ1) is 11.6. The van der Waals surface area contributed by atoms with E-state index in [-0.39, 0.29) is 5.75 Å². The van der Waals surface area contributed by atoms with E-state index in [1.807, 2.05) is 24.5 Å². The number of hydrogen-bond donors (Lipinski definition) is 3. The van der Waals surface area contributed by atoms with Gasteiger partial charge in [-0.15, -0.1) is 0 Å². The largest absolute Gasteiger partial charge is 0.508 e. The van der Waals surface area contributed by atoms with Crippen molar-refractivity contribution in [1.29, 1.82) is 0 Å².